The maximum Gasteiger partial charge on any atom is 0.342 e. The van der Waals surface area contributed by atoms with E-state index in [1.807, 2.05) is 0 Å². The monoisotopic (exact) mass is 292 g/mol. The maximum atomic E-state index is 11.2. The number of nitro groups is 1. The lowest BCUT2D eigenvalue weighted by Crippen LogP contribution is -2.29. The van der Waals surface area contributed by atoms with Crippen LogP contribution in [-0.2, 0) is 0 Å². The van der Waals surface area contributed by atoms with Crippen molar-refractivity contribution >= 4 is 17.3 Å². The Labute approximate surface area is 123 Å². The second kappa shape index (κ2) is 6.11. The van der Waals surface area contributed by atoms with Gasteiger partial charge < -0.3 is 10.4 Å². The molecule has 0 heterocycles. The summed E-state index contributed by atoms with van der Waals surface area (Å²) >= 11 is 0. The first-order valence-electron chi connectivity index (χ1n) is 7.17. The first kappa shape index (κ1) is 15.3. The third-order valence-electron chi connectivity index (χ3n) is 4.22. The predicted molar refractivity (Wildman–Crippen MR) is 79.7 cm³/mol. The molecule has 2 N–H and O–H groups in total. The van der Waals surface area contributed by atoms with Crippen molar-refractivity contribution < 1.29 is 14.8 Å². The topological polar surface area (TPSA) is 92.5 Å². The summed E-state index contributed by atoms with van der Waals surface area (Å²) in [7, 11) is 0. The number of hydrogen-bond acceptors (Lipinski definition) is 4. The fourth-order valence-corrected chi connectivity index (χ4v) is 2.95. The molecular weight excluding hydrogens is 272 g/mol. The quantitative estimate of drug-likeness (QED) is 0.638. The summed E-state index contributed by atoms with van der Waals surface area (Å²) in [5.41, 5.74) is -0.236. The fourth-order valence-electron chi connectivity index (χ4n) is 2.95. The minimum atomic E-state index is -1.28. The molecule has 21 heavy (non-hydrogen) atoms. The molecule has 6 heteroatoms. The highest BCUT2D eigenvalue weighted by Gasteiger charge is 2.29. The van der Waals surface area contributed by atoms with Crippen LogP contribution in [0.1, 0.15) is 49.4 Å². The molecule has 1 fully saturated rings. The number of aromatic carboxylic acids is 1. The molecule has 0 saturated heterocycles. The molecular formula is C15H20N2O4. The number of carboxylic acids is 1. The van der Waals surface area contributed by atoms with Gasteiger partial charge in [-0.1, -0.05) is 32.3 Å². The van der Waals surface area contributed by atoms with Crippen LogP contribution in [0.3, 0.4) is 0 Å². The SMILES string of the molecule is CC1(CNc2cccc(C(=O)O)c2[N+](=O)[O-])CCCCC1. The van der Waals surface area contributed by atoms with Crippen LogP contribution < -0.4 is 5.32 Å². The van der Waals surface area contributed by atoms with E-state index in [0.29, 0.717) is 6.54 Å². The van der Waals surface area contributed by atoms with Crippen LogP contribution in [0.2, 0.25) is 0 Å². The summed E-state index contributed by atoms with van der Waals surface area (Å²) in [6.45, 7) is 2.79. The molecule has 1 saturated carbocycles. The molecule has 1 aliphatic rings. The van der Waals surface area contributed by atoms with Gasteiger partial charge in [-0.05, 0) is 30.4 Å². The van der Waals surface area contributed by atoms with Crippen molar-refractivity contribution in [2.24, 2.45) is 5.41 Å². The van der Waals surface area contributed by atoms with E-state index in [-0.39, 0.29) is 22.4 Å². The molecule has 6 nitrogen and oxygen atoms in total. The highest BCUT2D eigenvalue weighted by atomic mass is 16.6. The van der Waals surface area contributed by atoms with E-state index in [1.165, 1.54) is 31.4 Å². The van der Waals surface area contributed by atoms with Gasteiger partial charge >= 0.3 is 11.7 Å². The Bertz CT molecular complexity index is 551. The maximum absolute atomic E-state index is 11.2. The molecule has 0 amide bonds. The van der Waals surface area contributed by atoms with E-state index in [0.717, 1.165) is 12.8 Å². The molecule has 114 valence electrons. The summed E-state index contributed by atoms with van der Waals surface area (Å²) in [6, 6.07) is 4.35. The van der Waals surface area contributed by atoms with Crippen molar-refractivity contribution in [1.29, 1.82) is 0 Å². The zero-order valence-corrected chi connectivity index (χ0v) is 12.1. The number of nitro benzene ring substituents is 1. The number of para-hydroxylation sites is 1. The molecule has 0 radical (unpaired) electrons. The molecule has 0 aromatic heterocycles. The van der Waals surface area contributed by atoms with E-state index in [2.05, 4.69) is 12.2 Å². The molecule has 2 rings (SSSR count). The second-order valence-corrected chi connectivity index (χ2v) is 5.99. The Hall–Kier alpha value is -2.11. The number of rotatable bonds is 5. The lowest BCUT2D eigenvalue weighted by molar-refractivity contribution is -0.384. The largest absolute Gasteiger partial charge is 0.477 e. The number of nitrogens with zero attached hydrogens (tertiary/aromatic N) is 1. The minimum Gasteiger partial charge on any atom is -0.477 e. The van der Waals surface area contributed by atoms with Gasteiger partial charge in [-0.3, -0.25) is 10.1 Å². The molecule has 0 aliphatic heterocycles. The van der Waals surface area contributed by atoms with Gasteiger partial charge in [0.05, 0.1) is 4.92 Å². The summed E-state index contributed by atoms with van der Waals surface area (Å²) < 4.78 is 0. The van der Waals surface area contributed by atoms with E-state index in [4.69, 9.17) is 5.11 Å². The van der Waals surface area contributed by atoms with E-state index in [1.54, 1.807) is 6.07 Å². The Kier molecular flexibility index (Phi) is 4.45. The third kappa shape index (κ3) is 3.51. The van der Waals surface area contributed by atoms with Crippen molar-refractivity contribution in [2.75, 3.05) is 11.9 Å². The molecule has 1 aliphatic carbocycles. The van der Waals surface area contributed by atoms with Crippen molar-refractivity contribution in [1.82, 2.24) is 0 Å². The molecule has 1 aromatic carbocycles. The normalized spacial score (nSPS) is 17.2. The van der Waals surface area contributed by atoms with Crippen molar-refractivity contribution in [3.63, 3.8) is 0 Å². The molecule has 1 aromatic rings. The summed E-state index contributed by atoms with van der Waals surface area (Å²) in [5.74, 6) is -1.28. The van der Waals surface area contributed by atoms with Crippen LogP contribution in [0.5, 0.6) is 0 Å². The van der Waals surface area contributed by atoms with Crippen LogP contribution in [0.4, 0.5) is 11.4 Å². The highest BCUT2D eigenvalue weighted by Crippen LogP contribution is 2.37. The number of benzene rings is 1. The van der Waals surface area contributed by atoms with Gasteiger partial charge in [0, 0.05) is 6.54 Å². The van der Waals surface area contributed by atoms with Crippen LogP contribution in [-0.4, -0.2) is 22.5 Å². The number of carbonyl (C=O) groups is 1. The van der Waals surface area contributed by atoms with Crippen molar-refractivity contribution in [3.8, 4) is 0 Å². The van der Waals surface area contributed by atoms with Gasteiger partial charge in [-0.15, -0.1) is 0 Å². The Morgan fingerprint density at radius 3 is 2.62 bits per heavy atom. The molecule has 0 spiro atoms. The Balaban J connectivity index is 2.21. The van der Waals surface area contributed by atoms with Gasteiger partial charge in [0.2, 0.25) is 0 Å². The van der Waals surface area contributed by atoms with E-state index >= 15 is 0 Å². The standard InChI is InChI=1S/C15H20N2O4/c1-15(8-3-2-4-9-15)10-16-12-7-5-6-11(14(18)19)13(12)17(20)21/h5-7,16H,2-4,8-10H2,1H3,(H,18,19). The number of anilines is 1. The predicted octanol–water partition coefficient (Wildman–Crippen LogP) is 3.68. The Morgan fingerprint density at radius 1 is 1.38 bits per heavy atom. The Morgan fingerprint density at radius 2 is 2.05 bits per heavy atom. The van der Waals surface area contributed by atoms with Gasteiger partial charge in [0.15, 0.2) is 0 Å². The zero-order chi connectivity index (χ0) is 15.5. The highest BCUT2D eigenvalue weighted by molar-refractivity contribution is 5.95. The summed E-state index contributed by atoms with van der Waals surface area (Å²) in [5, 5.41) is 23.3. The summed E-state index contributed by atoms with van der Waals surface area (Å²) in [4.78, 5) is 21.7. The van der Waals surface area contributed by atoms with Crippen LogP contribution in [0, 0.1) is 15.5 Å². The first-order chi connectivity index (χ1) is 9.93. The van der Waals surface area contributed by atoms with Gasteiger partial charge in [0.1, 0.15) is 11.3 Å². The number of nitrogens with one attached hydrogen (secondary N) is 1. The van der Waals surface area contributed by atoms with Crippen LogP contribution in [0.25, 0.3) is 0 Å². The molecule has 0 atom stereocenters. The smallest absolute Gasteiger partial charge is 0.342 e. The van der Waals surface area contributed by atoms with E-state index in [9.17, 15) is 14.9 Å². The van der Waals surface area contributed by atoms with Crippen LogP contribution >= 0.6 is 0 Å². The van der Waals surface area contributed by atoms with Crippen LogP contribution in [0.15, 0.2) is 18.2 Å². The first-order valence-corrected chi connectivity index (χ1v) is 7.17. The molecule has 0 bridgehead atoms. The average Bonchev–Trinajstić information content (AvgIpc) is 2.45. The van der Waals surface area contributed by atoms with Gasteiger partial charge in [-0.25, -0.2) is 4.79 Å². The second-order valence-electron chi connectivity index (χ2n) is 5.99. The lowest BCUT2D eigenvalue weighted by atomic mass is 9.75. The fraction of sp³-hybridized carbons (Fsp3) is 0.533. The average molecular weight is 292 g/mol. The number of hydrogen-bond donors (Lipinski definition) is 2. The number of carboxylic acid groups (broad SMARTS) is 1. The third-order valence-corrected chi connectivity index (χ3v) is 4.22. The zero-order valence-electron chi connectivity index (χ0n) is 12.1. The summed E-state index contributed by atoms with van der Waals surface area (Å²) in [6.07, 6.45) is 5.77. The lowest BCUT2D eigenvalue weighted by Gasteiger charge is -2.34. The van der Waals surface area contributed by atoms with E-state index < -0.39 is 10.9 Å². The molecule has 0 unspecified atom stereocenters. The minimum absolute atomic E-state index is 0.116. The van der Waals surface area contributed by atoms with Gasteiger partial charge in [0.25, 0.3) is 0 Å². The van der Waals surface area contributed by atoms with Gasteiger partial charge in [-0.2, -0.15) is 0 Å². The van der Waals surface area contributed by atoms with Crippen molar-refractivity contribution in [2.45, 2.75) is 39.0 Å². The van der Waals surface area contributed by atoms with Crippen molar-refractivity contribution in [3.05, 3.63) is 33.9 Å².